The molecule has 2 aromatic carbocycles. The molecule has 5 nitrogen and oxygen atoms in total. The average molecular weight is 433 g/mol. The maximum Gasteiger partial charge on any atom is 0.303 e. The maximum absolute atomic E-state index is 13.6. The molecule has 4 aromatic rings. The van der Waals surface area contributed by atoms with Gasteiger partial charge in [0.1, 0.15) is 10.7 Å². The van der Waals surface area contributed by atoms with Gasteiger partial charge in [-0.15, -0.1) is 11.3 Å². The van der Waals surface area contributed by atoms with E-state index in [1.165, 1.54) is 16.9 Å². The lowest BCUT2D eigenvalue weighted by atomic mass is 10.0. The van der Waals surface area contributed by atoms with E-state index in [9.17, 15) is 9.59 Å². The van der Waals surface area contributed by atoms with E-state index >= 15 is 0 Å². The topological polar surface area (TPSA) is 72.2 Å². The number of hydrogen-bond donors (Lipinski definition) is 1. The van der Waals surface area contributed by atoms with E-state index in [0.717, 1.165) is 27.9 Å². The molecule has 1 N–H and O–H groups in total. The summed E-state index contributed by atoms with van der Waals surface area (Å²) in [7, 11) is 0. The molecular formula is C25H24N2O3S. The van der Waals surface area contributed by atoms with Crippen molar-refractivity contribution >= 4 is 27.5 Å². The molecule has 0 saturated heterocycles. The third-order valence-corrected chi connectivity index (χ3v) is 6.30. The summed E-state index contributed by atoms with van der Waals surface area (Å²) in [6.45, 7) is 2.45. The van der Waals surface area contributed by atoms with Gasteiger partial charge >= 0.3 is 5.97 Å². The SMILES string of the molecule is CCc1ccc(-c2csc3nc(Cc4ccccc4)n(CCCC(=O)O)c(=O)c23)cc1. The molecule has 0 aliphatic rings. The third-order valence-electron chi connectivity index (χ3n) is 5.42. The van der Waals surface area contributed by atoms with Crippen LogP contribution in [-0.2, 0) is 24.2 Å². The molecule has 0 spiro atoms. The van der Waals surface area contributed by atoms with Crippen LogP contribution in [0.1, 0.15) is 36.7 Å². The first kappa shape index (κ1) is 21.0. The minimum Gasteiger partial charge on any atom is -0.481 e. The molecule has 6 heteroatoms. The van der Waals surface area contributed by atoms with Gasteiger partial charge in [0.05, 0.1) is 5.39 Å². The largest absolute Gasteiger partial charge is 0.481 e. The van der Waals surface area contributed by atoms with E-state index in [2.05, 4.69) is 19.1 Å². The van der Waals surface area contributed by atoms with Crippen LogP contribution >= 0.6 is 11.3 Å². The summed E-state index contributed by atoms with van der Waals surface area (Å²) in [4.78, 5) is 30.2. The fourth-order valence-corrected chi connectivity index (χ4v) is 4.69. The number of aryl methyl sites for hydroxylation is 1. The summed E-state index contributed by atoms with van der Waals surface area (Å²) in [6.07, 6.45) is 1.89. The Balaban J connectivity index is 1.81. The smallest absolute Gasteiger partial charge is 0.303 e. The Morgan fingerprint density at radius 3 is 2.48 bits per heavy atom. The average Bonchev–Trinajstić information content (AvgIpc) is 3.20. The predicted octanol–water partition coefficient (Wildman–Crippen LogP) is 5.14. The number of aromatic nitrogens is 2. The number of nitrogens with zero attached hydrogens (tertiary/aromatic N) is 2. The Bertz CT molecular complexity index is 1260. The third kappa shape index (κ3) is 4.59. The molecule has 0 radical (unpaired) electrons. The molecule has 0 fully saturated rings. The van der Waals surface area contributed by atoms with Crippen molar-refractivity contribution in [3.63, 3.8) is 0 Å². The summed E-state index contributed by atoms with van der Waals surface area (Å²) >= 11 is 1.48. The number of aliphatic carboxylic acids is 1. The van der Waals surface area contributed by atoms with Crippen LogP contribution in [0, 0.1) is 0 Å². The number of thiophene rings is 1. The number of fused-ring (bicyclic) bond motifs is 1. The van der Waals surface area contributed by atoms with Crippen LogP contribution in [0.2, 0.25) is 0 Å². The van der Waals surface area contributed by atoms with Gasteiger partial charge in [-0.05, 0) is 29.5 Å². The van der Waals surface area contributed by atoms with E-state index in [0.29, 0.717) is 30.6 Å². The lowest BCUT2D eigenvalue weighted by molar-refractivity contribution is -0.137. The fraction of sp³-hybridized carbons (Fsp3) is 0.240. The van der Waals surface area contributed by atoms with Crippen molar-refractivity contribution < 1.29 is 9.90 Å². The fourth-order valence-electron chi connectivity index (χ4n) is 3.73. The predicted molar refractivity (Wildman–Crippen MR) is 125 cm³/mol. The molecule has 4 rings (SSSR count). The Labute approximate surface area is 184 Å². The van der Waals surface area contributed by atoms with E-state index in [-0.39, 0.29) is 12.0 Å². The summed E-state index contributed by atoms with van der Waals surface area (Å²) < 4.78 is 1.66. The molecule has 0 atom stereocenters. The molecule has 0 unspecified atom stereocenters. The number of rotatable bonds is 8. The van der Waals surface area contributed by atoms with E-state index in [1.807, 2.05) is 47.8 Å². The maximum atomic E-state index is 13.6. The van der Waals surface area contributed by atoms with Crippen molar-refractivity contribution in [3.05, 3.63) is 87.3 Å². The molecule has 0 aliphatic carbocycles. The Morgan fingerprint density at radius 1 is 1.06 bits per heavy atom. The highest BCUT2D eigenvalue weighted by Gasteiger charge is 2.17. The minimum absolute atomic E-state index is 0.0181. The molecule has 2 heterocycles. The van der Waals surface area contributed by atoms with Crippen LogP contribution in [0.3, 0.4) is 0 Å². The number of carboxylic acid groups (broad SMARTS) is 1. The van der Waals surface area contributed by atoms with Crippen LogP contribution in [0.15, 0.2) is 64.8 Å². The quantitative estimate of drug-likeness (QED) is 0.418. The lowest BCUT2D eigenvalue weighted by Gasteiger charge is -2.13. The van der Waals surface area contributed by atoms with E-state index in [1.54, 1.807) is 4.57 Å². The highest BCUT2D eigenvalue weighted by molar-refractivity contribution is 7.17. The number of carbonyl (C=O) groups is 1. The van der Waals surface area contributed by atoms with Crippen LogP contribution in [0.25, 0.3) is 21.3 Å². The van der Waals surface area contributed by atoms with Gasteiger partial charge < -0.3 is 5.11 Å². The van der Waals surface area contributed by atoms with Crippen molar-refractivity contribution in [2.75, 3.05) is 0 Å². The van der Waals surface area contributed by atoms with Crippen molar-refractivity contribution in [1.82, 2.24) is 9.55 Å². The van der Waals surface area contributed by atoms with Crippen LogP contribution < -0.4 is 5.56 Å². The summed E-state index contributed by atoms with van der Waals surface area (Å²) in [6, 6.07) is 18.2. The molecule has 158 valence electrons. The zero-order chi connectivity index (χ0) is 21.8. The normalized spacial score (nSPS) is 11.1. The molecule has 0 bridgehead atoms. The van der Waals surface area contributed by atoms with Gasteiger partial charge in [-0.2, -0.15) is 0 Å². The molecule has 0 aliphatic heterocycles. The highest BCUT2D eigenvalue weighted by Crippen LogP contribution is 2.31. The summed E-state index contributed by atoms with van der Waals surface area (Å²) in [5.74, 6) is -0.192. The summed E-state index contributed by atoms with van der Waals surface area (Å²) in [5.41, 5.74) is 4.09. The first-order valence-electron chi connectivity index (χ1n) is 10.4. The van der Waals surface area contributed by atoms with Gasteiger partial charge in [-0.25, -0.2) is 4.98 Å². The van der Waals surface area contributed by atoms with E-state index < -0.39 is 5.97 Å². The van der Waals surface area contributed by atoms with Crippen LogP contribution in [-0.4, -0.2) is 20.6 Å². The second-order valence-corrected chi connectivity index (χ2v) is 8.38. The first-order chi connectivity index (χ1) is 15.1. The molecule has 31 heavy (non-hydrogen) atoms. The van der Waals surface area contributed by atoms with Crippen molar-refractivity contribution in [3.8, 4) is 11.1 Å². The number of benzene rings is 2. The lowest BCUT2D eigenvalue weighted by Crippen LogP contribution is -2.26. The van der Waals surface area contributed by atoms with E-state index in [4.69, 9.17) is 10.1 Å². The van der Waals surface area contributed by atoms with Crippen LogP contribution in [0.4, 0.5) is 0 Å². The standard InChI is InChI=1S/C25H24N2O3S/c1-2-17-10-12-19(13-11-17)20-16-31-24-23(20)25(30)27(14-6-9-22(28)29)21(26-24)15-18-7-4-3-5-8-18/h3-5,7-8,10-13,16H,2,6,9,14-15H2,1H3,(H,28,29). The minimum atomic E-state index is -0.862. The van der Waals surface area contributed by atoms with Crippen molar-refractivity contribution in [2.24, 2.45) is 0 Å². The van der Waals surface area contributed by atoms with Gasteiger partial charge in [0.15, 0.2) is 0 Å². The van der Waals surface area contributed by atoms with Crippen molar-refractivity contribution in [2.45, 2.75) is 39.2 Å². The summed E-state index contributed by atoms with van der Waals surface area (Å²) in [5, 5.41) is 11.6. The highest BCUT2D eigenvalue weighted by atomic mass is 32.1. The van der Waals surface area contributed by atoms with Gasteiger partial charge in [-0.1, -0.05) is 61.5 Å². The van der Waals surface area contributed by atoms with Crippen molar-refractivity contribution in [1.29, 1.82) is 0 Å². The monoisotopic (exact) mass is 432 g/mol. The van der Waals surface area contributed by atoms with Crippen LogP contribution in [0.5, 0.6) is 0 Å². The Kier molecular flexibility index (Phi) is 6.28. The molecule has 0 saturated carbocycles. The van der Waals surface area contributed by atoms with Gasteiger partial charge in [0.2, 0.25) is 0 Å². The molecular weight excluding hydrogens is 408 g/mol. The van der Waals surface area contributed by atoms with Gasteiger partial charge in [0.25, 0.3) is 5.56 Å². The van der Waals surface area contributed by atoms with Gasteiger partial charge in [-0.3, -0.25) is 14.2 Å². The zero-order valence-electron chi connectivity index (χ0n) is 17.4. The number of hydrogen-bond acceptors (Lipinski definition) is 4. The Hall–Kier alpha value is -3.25. The second-order valence-electron chi connectivity index (χ2n) is 7.52. The van der Waals surface area contributed by atoms with Gasteiger partial charge in [0, 0.05) is 30.3 Å². The number of carboxylic acids is 1. The Morgan fingerprint density at radius 2 is 1.81 bits per heavy atom. The molecule has 0 amide bonds. The zero-order valence-corrected chi connectivity index (χ0v) is 18.2. The first-order valence-corrected chi connectivity index (χ1v) is 11.3. The second kappa shape index (κ2) is 9.27. The molecule has 2 aromatic heterocycles.